The number of benzene rings is 2. The normalized spacial score (nSPS) is 19.8. The van der Waals surface area contributed by atoms with Crippen molar-refractivity contribution in [2.45, 2.75) is 4.90 Å². The van der Waals surface area contributed by atoms with Crippen LogP contribution in [0.15, 0.2) is 62.2 Å². The molecule has 0 bridgehead atoms. The number of sulfonamides is 1. The number of phenolic OH excluding ortho intramolecular Hbond substituents is 1. The number of morpholine rings is 1. The molecule has 0 radical (unpaired) electrons. The van der Waals surface area contributed by atoms with E-state index in [1.54, 1.807) is 12.1 Å². The highest BCUT2D eigenvalue weighted by Gasteiger charge is 2.30. The zero-order chi connectivity index (χ0) is 21.1. The molecule has 0 aromatic heterocycles. The van der Waals surface area contributed by atoms with Gasteiger partial charge in [-0.15, -0.1) is 8.80 Å². The van der Waals surface area contributed by atoms with Gasteiger partial charge in [0.2, 0.25) is 10.0 Å². The van der Waals surface area contributed by atoms with E-state index < -0.39 is 26.9 Å². The minimum Gasteiger partial charge on any atom is -0.504 e. The number of hydrogen-bond acceptors (Lipinski definition) is 7. The minimum atomic E-state index is -3.90. The van der Waals surface area contributed by atoms with Gasteiger partial charge in [0.1, 0.15) is 4.90 Å². The maximum absolute atomic E-state index is 12.9. The minimum absolute atomic E-state index is 0.101. The molecule has 0 spiro atoms. The van der Waals surface area contributed by atoms with E-state index in [0.29, 0.717) is 18.9 Å². The summed E-state index contributed by atoms with van der Waals surface area (Å²) in [5.41, 5.74) is 0.807. The highest BCUT2D eigenvalue weighted by atomic mass is 32.2. The van der Waals surface area contributed by atoms with Crippen molar-refractivity contribution in [1.29, 1.82) is 0 Å². The van der Waals surface area contributed by atoms with Gasteiger partial charge in [0, 0.05) is 18.8 Å². The number of para-hydroxylation sites is 2. The Bertz CT molecular complexity index is 1130. The number of aromatic hydroxyl groups is 1. The number of phenols is 1. The zero-order valence-electron chi connectivity index (χ0n) is 15.7. The summed E-state index contributed by atoms with van der Waals surface area (Å²) in [6.07, 6.45) is 0. The number of nitrogens with zero attached hydrogens (tertiary/aromatic N) is 3. The van der Waals surface area contributed by atoms with Crippen LogP contribution < -0.4 is 10.6 Å². The summed E-state index contributed by atoms with van der Waals surface area (Å²) < 4.78 is 52.0. The Labute approximate surface area is 176 Å². The molecule has 1 fully saturated rings. The van der Waals surface area contributed by atoms with E-state index in [4.69, 9.17) is 4.74 Å². The van der Waals surface area contributed by atoms with Crippen LogP contribution in [0.4, 0.5) is 11.4 Å². The predicted octanol–water partition coefficient (Wildman–Crippen LogP) is 1.33. The van der Waals surface area contributed by atoms with Crippen LogP contribution in [0, 0.1) is 0 Å². The van der Waals surface area contributed by atoms with E-state index in [1.165, 1.54) is 22.5 Å². The molecule has 0 amide bonds. The summed E-state index contributed by atoms with van der Waals surface area (Å²) in [6, 6.07) is 13.4. The molecular weight excluding hydrogens is 430 g/mol. The van der Waals surface area contributed by atoms with E-state index in [0.717, 1.165) is 0 Å². The van der Waals surface area contributed by atoms with Crippen molar-refractivity contribution >= 4 is 44.2 Å². The van der Waals surface area contributed by atoms with Gasteiger partial charge in [0.25, 0.3) is 11.2 Å². The first-order valence-corrected chi connectivity index (χ1v) is 11.5. The lowest BCUT2D eigenvalue weighted by Gasteiger charge is -2.26. The van der Waals surface area contributed by atoms with Crippen molar-refractivity contribution < 1.29 is 22.5 Å². The maximum Gasteiger partial charge on any atom is 0.269 e. The highest BCUT2D eigenvalue weighted by molar-refractivity contribution is 7.89. The highest BCUT2D eigenvalue weighted by Crippen LogP contribution is 2.33. The first kappa shape index (κ1) is 20.5. The standard InChI is InChI=1S/C18H19N5O5S2/c24-16-14(7-4-8-15(16)30(26,27)23-9-11-28-12-10-23)20-18-17(21-29(25)22-18)19-13-5-2-1-3-6-13/h1-8,24H,9-12H2,(H,19,21)(H,20,22). The lowest BCUT2D eigenvalue weighted by molar-refractivity contribution is 0.0729. The molecule has 2 aliphatic rings. The van der Waals surface area contributed by atoms with E-state index in [2.05, 4.69) is 19.4 Å². The van der Waals surface area contributed by atoms with Gasteiger partial charge in [-0.2, -0.15) is 4.31 Å². The molecule has 2 heterocycles. The molecular formula is C18H19N5O5S2. The Morgan fingerprint density at radius 3 is 2.33 bits per heavy atom. The van der Waals surface area contributed by atoms with Gasteiger partial charge in [-0.25, -0.2) is 12.6 Å². The molecule has 2 aromatic rings. The molecule has 1 unspecified atom stereocenters. The molecule has 2 aliphatic heterocycles. The third-order valence-corrected chi connectivity index (χ3v) is 7.05. The van der Waals surface area contributed by atoms with Crippen molar-refractivity contribution in [2.75, 3.05) is 36.9 Å². The Morgan fingerprint density at radius 2 is 1.63 bits per heavy atom. The van der Waals surface area contributed by atoms with Crippen molar-refractivity contribution in [1.82, 2.24) is 4.31 Å². The largest absolute Gasteiger partial charge is 0.504 e. The Balaban J connectivity index is 1.59. The second kappa shape index (κ2) is 8.52. The van der Waals surface area contributed by atoms with Crippen LogP contribution in [0.5, 0.6) is 5.75 Å². The molecule has 30 heavy (non-hydrogen) atoms. The average molecular weight is 450 g/mol. The number of anilines is 2. The fourth-order valence-electron chi connectivity index (χ4n) is 2.97. The molecule has 10 nitrogen and oxygen atoms in total. The summed E-state index contributed by atoms with van der Waals surface area (Å²) >= 11 is -1.83. The van der Waals surface area contributed by atoms with Crippen LogP contribution in [-0.4, -0.2) is 60.0 Å². The molecule has 4 rings (SSSR count). The first-order valence-electron chi connectivity index (χ1n) is 9.04. The van der Waals surface area contributed by atoms with Crippen molar-refractivity contribution in [3.8, 4) is 5.75 Å². The summed E-state index contributed by atoms with van der Waals surface area (Å²) in [4.78, 5) is -0.233. The van der Waals surface area contributed by atoms with E-state index in [-0.39, 0.29) is 35.3 Å². The second-order valence-electron chi connectivity index (χ2n) is 6.40. The van der Waals surface area contributed by atoms with E-state index >= 15 is 0 Å². The van der Waals surface area contributed by atoms with Gasteiger partial charge in [0.05, 0.1) is 18.9 Å². The third-order valence-electron chi connectivity index (χ3n) is 4.44. The molecule has 3 N–H and O–H groups in total. The topological polar surface area (TPSA) is 133 Å². The number of ether oxygens (including phenoxy) is 1. The monoisotopic (exact) mass is 449 g/mol. The lowest BCUT2D eigenvalue weighted by Crippen LogP contribution is -2.40. The number of hydrogen-bond donors (Lipinski definition) is 3. The molecule has 1 saturated heterocycles. The van der Waals surface area contributed by atoms with Gasteiger partial charge in [-0.3, -0.25) is 0 Å². The van der Waals surface area contributed by atoms with Crippen LogP contribution >= 0.6 is 0 Å². The van der Waals surface area contributed by atoms with Gasteiger partial charge in [-0.05, 0) is 24.3 Å². The Hall–Kier alpha value is -2.80. The lowest BCUT2D eigenvalue weighted by atomic mass is 10.2. The summed E-state index contributed by atoms with van der Waals surface area (Å²) in [6.45, 7) is 1.02. The number of nitrogens with one attached hydrogen (secondary N) is 2. The van der Waals surface area contributed by atoms with Crippen LogP contribution in [-0.2, 0) is 25.9 Å². The first-order chi connectivity index (χ1) is 14.4. The van der Waals surface area contributed by atoms with Crippen molar-refractivity contribution in [2.24, 2.45) is 8.80 Å². The van der Waals surface area contributed by atoms with Crippen molar-refractivity contribution in [3.05, 3.63) is 48.5 Å². The molecule has 1 atom stereocenters. The Morgan fingerprint density at radius 1 is 0.967 bits per heavy atom. The molecule has 12 heteroatoms. The van der Waals surface area contributed by atoms with Gasteiger partial charge in [-0.1, -0.05) is 24.3 Å². The summed E-state index contributed by atoms with van der Waals surface area (Å²) in [5.74, 6) is -0.128. The Kier molecular flexibility index (Phi) is 5.81. The smallest absolute Gasteiger partial charge is 0.269 e. The van der Waals surface area contributed by atoms with Gasteiger partial charge in [0.15, 0.2) is 17.4 Å². The van der Waals surface area contributed by atoms with Crippen LogP contribution in [0.25, 0.3) is 0 Å². The van der Waals surface area contributed by atoms with Crippen molar-refractivity contribution in [3.63, 3.8) is 0 Å². The van der Waals surface area contributed by atoms with Gasteiger partial charge >= 0.3 is 0 Å². The van der Waals surface area contributed by atoms with Crippen LogP contribution in [0.3, 0.4) is 0 Å². The maximum atomic E-state index is 12.9. The average Bonchev–Trinajstić information content (AvgIpc) is 3.09. The summed E-state index contributed by atoms with van der Waals surface area (Å²) in [5, 5.41) is 16.5. The second-order valence-corrected chi connectivity index (χ2v) is 9.13. The summed E-state index contributed by atoms with van der Waals surface area (Å²) in [7, 11) is -3.90. The van der Waals surface area contributed by atoms with Crippen LogP contribution in [0.1, 0.15) is 0 Å². The fraction of sp³-hybridized carbons (Fsp3) is 0.222. The SMILES string of the molecule is O=S1N=C(Nc2ccccc2)C(Nc2cccc(S(=O)(=O)N3CCOCC3)c2O)=N1. The molecule has 0 aliphatic carbocycles. The third kappa shape index (κ3) is 4.21. The number of amidine groups is 2. The molecule has 2 aromatic carbocycles. The predicted molar refractivity (Wildman–Crippen MR) is 114 cm³/mol. The fourth-order valence-corrected chi connectivity index (χ4v) is 5.10. The van der Waals surface area contributed by atoms with Gasteiger partial charge < -0.3 is 20.5 Å². The molecule has 158 valence electrons. The van der Waals surface area contributed by atoms with E-state index in [1.807, 2.05) is 18.2 Å². The quantitative estimate of drug-likeness (QED) is 0.600. The van der Waals surface area contributed by atoms with Crippen LogP contribution in [0.2, 0.25) is 0 Å². The zero-order valence-corrected chi connectivity index (χ0v) is 17.3. The van der Waals surface area contributed by atoms with E-state index in [9.17, 15) is 17.7 Å². The molecule has 0 saturated carbocycles. The number of rotatable bonds is 4.